The van der Waals surface area contributed by atoms with Crippen molar-refractivity contribution in [1.82, 2.24) is 4.90 Å². The Kier molecular flexibility index (Phi) is 5.73. The number of carbonyl (C=O) groups is 1. The van der Waals surface area contributed by atoms with Crippen molar-refractivity contribution < 1.29 is 14.3 Å². The third-order valence-corrected chi connectivity index (χ3v) is 3.69. The molecular weight excluding hydrogens is 268 g/mol. The Morgan fingerprint density at radius 1 is 1.38 bits per heavy atom. The van der Waals surface area contributed by atoms with Crippen molar-refractivity contribution in [2.24, 2.45) is 0 Å². The van der Waals surface area contributed by atoms with E-state index in [0.29, 0.717) is 32.9 Å². The Hall–Kier alpha value is -1.43. The molecule has 0 bridgehead atoms. The predicted molar refractivity (Wildman–Crippen MR) is 82.6 cm³/mol. The molecule has 116 valence electrons. The zero-order valence-corrected chi connectivity index (χ0v) is 13.0. The third kappa shape index (κ3) is 4.81. The Balaban J connectivity index is 1.82. The topological polar surface area (TPSA) is 50.8 Å². The van der Waals surface area contributed by atoms with Crippen molar-refractivity contribution >= 4 is 11.6 Å². The molecule has 0 aliphatic carbocycles. The van der Waals surface area contributed by atoms with E-state index in [2.05, 4.69) is 5.32 Å². The molecule has 0 radical (unpaired) electrons. The zero-order chi connectivity index (χ0) is 15.2. The highest BCUT2D eigenvalue weighted by Gasteiger charge is 2.18. The van der Waals surface area contributed by atoms with Crippen LogP contribution in [0.3, 0.4) is 0 Å². The molecule has 1 heterocycles. The molecule has 1 aliphatic heterocycles. The van der Waals surface area contributed by atoms with Crippen LogP contribution in [-0.2, 0) is 14.3 Å². The van der Waals surface area contributed by atoms with E-state index in [1.54, 1.807) is 0 Å². The van der Waals surface area contributed by atoms with E-state index < -0.39 is 0 Å². The first-order chi connectivity index (χ1) is 10.1. The highest BCUT2D eigenvalue weighted by molar-refractivity contribution is 5.93. The second kappa shape index (κ2) is 7.54. The van der Waals surface area contributed by atoms with E-state index in [0.717, 1.165) is 11.3 Å². The predicted octanol–water partition coefficient (Wildman–Crippen LogP) is 1.59. The lowest BCUT2D eigenvalue weighted by atomic mass is 10.1. The van der Waals surface area contributed by atoms with Crippen molar-refractivity contribution in [2.45, 2.75) is 20.0 Å². The molecular formula is C16H24N2O3. The minimum Gasteiger partial charge on any atom is -0.376 e. The number of benzene rings is 1. The van der Waals surface area contributed by atoms with Crippen LogP contribution in [0.1, 0.15) is 11.1 Å². The van der Waals surface area contributed by atoms with Gasteiger partial charge in [0.15, 0.2) is 0 Å². The average Bonchev–Trinajstić information content (AvgIpc) is 2.44. The molecule has 1 atom stereocenters. The van der Waals surface area contributed by atoms with Crippen LogP contribution in [0, 0.1) is 13.8 Å². The molecule has 1 amide bonds. The summed E-state index contributed by atoms with van der Waals surface area (Å²) >= 11 is 0. The summed E-state index contributed by atoms with van der Waals surface area (Å²) in [6.07, 6.45) is 0.0530. The van der Waals surface area contributed by atoms with Gasteiger partial charge >= 0.3 is 0 Å². The summed E-state index contributed by atoms with van der Waals surface area (Å²) in [5.41, 5.74) is 3.16. The number of likely N-dealkylation sites (N-methyl/N-ethyl adjacent to an activating group) is 1. The Morgan fingerprint density at radius 2 is 2.19 bits per heavy atom. The number of hydrogen-bond donors (Lipinski definition) is 1. The van der Waals surface area contributed by atoms with E-state index in [1.807, 2.05) is 44.0 Å². The first-order valence-electron chi connectivity index (χ1n) is 7.30. The van der Waals surface area contributed by atoms with Gasteiger partial charge in [0.2, 0.25) is 5.91 Å². The Bertz CT molecular complexity index is 484. The fraction of sp³-hybridized carbons (Fsp3) is 0.562. The maximum atomic E-state index is 12.1. The molecule has 0 saturated carbocycles. The van der Waals surface area contributed by atoms with Crippen LogP contribution in [0.15, 0.2) is 18.2 Å². The fourth-order valence-electron chi connectivity index (χ4n) is 2.38. The minimum atomic E-state index is -0.0112. The molecule has 0 spiro atoms. The molecule has 1 aromatic carbocycles. The molecule has 1 aromatic rings. The highest BCUT2D eigenvalue weighted by atomic mass is 16.6. The van der Waals surface area contributed by atoms with Gasteiger partial charge in [-0.05, 0) is 38.1 Å². The number of carbonyl (C=O) groups excluding carboxylic acids is 1. The monoisotopic (exact) mass is 292 g/mol. The number of aryl methyl sites for hydroxylation is 1. The lowest BCUT2D eigenvalue weighted by Gasteiger charge is -2.27. The quantitative estimate of drug-likeness (QED) is 0.895. The summed E-state index contributed by atoms with van der Waals surface area (Å²) in [5.74, 6) is -0.0112. The Morgan fingerprint density at radius 3 is 2.90 bits per heavy atom. The van der Waals surface area contributed by atoms with Gasteiger partial charge in [-0.2, -0.15) is 0 Å². The summed E-state index contributed by atoms with van der Waals surface area (Å²) in [6, 6.07) is 5.92. The highest BCUT2D eigenvalue weighted by Crippen LogP contribution is 2.17. The van der Waals surface area contributed by atoms with Gasteiger partial charge in [-0.25, -0.2) is 0 Å². The molecule has 1 aliphatic rings. The van der Waals surface area contributed by atoms with Crippen molar-refractivity contribution in [3.8, 4) is 0 Å². The van der Waals surface area contributed by atoms with E-state index in [-0.39, 0.29) is 12.0 Å². The van der Waals surface area contributed by atoms with Crippen LogP contribution in [0.4, 0.5) is 5.69 Å². The molecule has 2 rings (SSSR count). The molecule has 5 heteroatoms. The number of nitrogens with one attached hydrogen (secondary N) is 1. The van der Waals surface area contributed by atoms with Gasteiger partial charge in [0.1, 0.15) is 0 Å². The van der Waals surface area contributed by atoms with Crippen molar-refractivity contribution in [3.63, 3.8) is 0 Å². The van der Waals surface area contributed by atoms with E-state index in [1.165, 1.54) is 5.56 Å². The van der Waals surface area contributed by atoms with E-state index in [9.17, 15) is 4.79 Å². The van der Waals surface area contributed by atoms with Gasteiger partial charge in [0, 0.05) is 12.2 Å². The molecule has 21 heavy (non-hydrogen) atoms. The molecule has 1 unspecified atom stereocenters. The van der Waals surface area contributed by atoms with Crippen LogP contribution in [-0.4, -0.2) is 56.9 Å². The van der Waals surface area contributed by atoms with Crippen LogP contribution in [0.25, 0.3) is 0 Å². The number of hydrogen-bond acceptors (Lipinski definition) is 4. The summed E-state index contributed by atoms with van der Waals surface area (Å²) < 4.78 is 10.9. The largest absolute Gasteiger partial charge is 0.376 e. The van der Waals surface area contributed by atoms with Gasteiger partial charge in [-0.15, -0.1) is 0 Å². The van der Waals surface area contributed by atoms with Crippen molar-refractivity contribution in [1.29, 1.82) is 0 Å². The first-order valence-corrected chi connectivity index (χ1v) is 7.30. The number of amides is 1. The van der Waals surface area contributed by atoms with Crippen LogP contribution < -0.4 is 5.32 Å². The number of ether oxygens (including phenoxy) is 2. The lowest BCUT2D eigenvalue weighted by molar-refractivity contribution is -0.119. The second-order valence-electron chi connectivity index (χ2n) is 5.56. The number of anilines is 1. The van der Waals surface area contributed by atoms with Gasteiger partial charge < -0.3 is 14.8 Å². The maximum Gasteiger partial charge on any atom is 0.238 e. The van der Waals surface area contributed by atoms with Crippen LogP contribution >= 0.6 is 0 Å². The number of nitrogens with zero attached hydrogens (tertiary/aromatic N) is 1. The van der Waals surface area contributed by atoms with Crippen molar-refractivity contribution in [2.75, 3.05) is 45.3 Å². The van der Waals surface area contributed by atoms with Gasteiger partial charge in [0.05, 0.1) is 32.5 Å². The van der Waals surface area contributed by atoms with Crippen molar-refractivity contribution in [3.05, 3.63) is 29.3 Å². The normalized spacial score (nSPS) is 18.8. The second-order valence-corrected chi connectivity index (χ2v) is 5.56. The van der Waals surface area contributed by atoms with E-state index in [4.69, 9.17) is 9.47 Å². The smallest absolute Gasteiger partial charge is 0.238 e. The minimum absolute atomic E-state index is 0.0112. The van der Waals surface area contributed by atoms with Gasteiger partial charge in [-0.3, -0.25) is 9.69 Å². The molecule has 1 saturated heterocycles. The van der Waals surface area contributed by atoms with E-state index >= 15 is 0 Å². The Labute approximate surface area is 126 Å². The maximum absolute atomic E-state index is 12.1. The summed E-state index contributed by atoms with van der Waals surface area (Å²) in [7, 11) is 1.92. The van der Waals surface area contributed by atoms with Gasteiger partial charge in [-0.1, -0.05) is 12.1 Å². The SMILES string of the molecule is Cc1cccc(NC(=O)CN(C)CC2COCCO2)c1C. The summed E-state index contributed by atoms with van der Waals surface area (Å²) in [4.78, 5) is 14.1. The molecule has 1 fully saturated rings. The third-order valence-electron chi connectivity index (χ3n) is 3.69. The average molecular weight is 292 g/mol. The van der Waals surface area contributed by atoms with Crippen LogP contribution in [0.2, 0.25) is 0 Å². The summed E-state index contributed by atoms with van der Waals surface area (Å²) in [5, 5.41) is 2.97. The fourth-order valence-corrected chi connectivity index (χ4v) is 2.38. The molecule has 0 aromatic heterocycles. The number of rotatable bonds is 5. The standard InChI is InChI=1S/C16H24N2O3/c1-12-5-4-6-15(13(12)2)17-16(19)10-18(3)9-14-11-20-7-8-21-14/h4-6,14H,7-11H2,1-3H3,(H,17,19). The molecule has 1 N–H and O–H groups in total. The van der Waals surface area contributed by atoms with Crippen LogP contribution in [0.5, 0.6) is 0 Å². The molecule has 5 nitrogen and oxygen atoms in total. The summed E-state index contributed by atoms with van der Waals surface area (Å²) in [6.45, 7) is 6.98. The zero-order valence-electron chi connectivity index (χ0n) is 13.0. The van der Waals surface area contributed by atoms with Gasteiger partial charge in [0.25, 0.3) is 0 Å². The first kappa shape index (κ1) is 15.9. The lowest BCUT2D eigenvalue weighted by Crippen LogP contribution is -2.41.